The van der Waals surface area contributed by atoms with Crippen molar-refractivity contribution >= 4 is 47.4 Å². The van der Waals surface area contributed by atoms with Crippen LogP contribution in [0.15, 0.2) is 0 Å². The molecule has 6 nitrogen and oxygen atoms in total. The van der Waals surface area contributed by atoms with Gasteiger partial charge >= 0.3 is 41.5 Å². The van der Waals surface area contributed by atoms with Gasteiger partial charge in [-0.05, 0) is 6.42 Å². The van der Waals surface area contributed by atoms with Crippen molar-refractivity contribution in [3.63, 3.8) is 0 Å². The molecule has 0 aromatic heterocycles. The molecule has 0 bridgehead atoms. The Hall–Kier alpha value is -0.590. The van der Waals surface area contributed by atoms with Gasteiger partial charge in [-0.15, -0.1) is 0 Å². The minimum atomic E-state index is -0.617. The zero-order chi connectivity index (χ0) is 15.4. The van der Waals surface area contributed by atoms with Crippen molar-refractivity contribution in [1.82, 2.24) is 5.23 Å². The number of carbonyl (C=O) groups excluding carboxylic acids is 3. The molecule has 0 rings (SSSR count). The van der Waals surface area contributed by atoms with E-state index in [0.29, 0.717) is 11.6 Å². The summed E-state index contributed by atoms with van der Waals surface area (Å²) in [5.41, 5.74) is 0. The van der Waals surface area contributed by atoms with Crippen LogP contribution in [0.5, 0.6) is 0 Å². The Morgan fingerprint density at radius 2 is 1.29 bits per heavy atom. The molecular weight excluding hydrogens is 285 g/mol. The maximum atomic E-state index is 11.9. The molecule has 0 aromatic rings. The number of amides is 1. The second-order valence-corrected chi connectivity index (χ2v) is 4.45. The van der Waals surface area contributed by atoms with Gasteiger partial charge in [0.1, 0.15) is 0 Å². The molecule has 1 amide bonds. The molecule has 0 radical (unpaired) electrons. The molecule has 0 heterocycles. The molecule has 0 fully saturated rings. The second-order valence-electron chi connectivity index (χ2n) is 4.45. The van der Waals surface area contributed by atoms with Gasteiger partial charge in [0.25, 0.3) is 5.91 Å². The number of rotatable bonds is 8. The standard InChI is InChI=1S/C14H25NO5.Na.H/c1-4-7-8-9-10-11-12(16)15(19-13(17)5-2)20-14(18)6-3;;/h4-11H2,1-3H3;;. The predicted octanol–water partition coefficient (Wildman–Crippen LogP) is 2.26. The molecule has 0 N–H and O–H groups in total. The van der Waals surface area contributed by atoms with Gasteiger partial charge < -0.3 is 9.68 Å². The number of hydroxylamine groups is 2. The summed E-state index contributed by atoms with van der Waals surface area (Å²) in [6, 6.07) is 0. The summed E-state index contributed by atoms with van der Waals surface area (Å²) in [4.78, 5) is 43.7. The zero-order valence-corrected chi connectivity index (χ0v) is 12.6. The average molecular weight is 311 g/mol. The minimum absolute atomic E-state index is 0. The van der Waals surface area contributed by atoms with E-state index in [4.69, 9.17) is 9.68 Å². The molecule has 0 saturated carbocycles. The summed E-state index contributed by atoms with van der Waals surface area (Å²) in [5, 5.41) is 0.428. The van der Waals surface area contributed by atoms with Crippen molar-refractivity contribution in [2.24, 2.45) is 0 Å². The van der Waals surface area contributed by atoms with Crippen LogP contribution in [0, 0.1) is 0 Å². The van der Waals surface area contributed by atoms with Crippen LogP contribution < -0.4 is 0 Å². The molecule has 0 spiro atoms. The fourth-order valence-corrected chi connectivity index (χ4v) is 1.41. The SMILES string of the molecule is CCCCCCCC(=O)N(OC(=O)CC)OC(=O)CC.[NaH]. The van der Waals surface area contributed by atoms with Gasteiger partial charge in [-0.1, -0.05) is 46.5 Å². The maximum absolute atomic E-state index is 11.9. The van der Waals surface area contributed by atoms with Gasteiger partial charge in [0.2, 0.25) is 0 Å². The molecule has 0 saturated heterocycles. The van der Waals surface area contributed by atoms with E-state index in [1.54, 1.807) is 13.8 Å². The second kappa shape index (κ2) is 14.4. The van der Waals surface area contributed by atoms with Crippen LogP contribution in [0.1, 0.15) is 72.1 Å². The van der Waals surface area contributed by atoms with Crippen LogP contribution in [-0.2, 0) is 24.1 Å². The van der Waals surface area contributed by atoms with Crippen molar-refractivity contribution in [2.45, 2.75) is 72.1 Å². The van der Waals surface area contributed by atoms with Gasteiger partial charge in [0, 0.05) is 24.5 Å². The fraction of sp³-hybridized carbons (Fsp3) is 0.786. The number of hydrogen-bond donors (Lipinski definition) is 0. The molecule has 0 atom stereocenters. The van der Waals surface area contributed by atoms with Crippen LogP contribution in [0.2, 0.25) is 0 Å². The molecule has 7 heteroatoms. The van der Waals surface area contributed by atoms with E-state index in [9.17, 15) is 14.4 Å². The van der Waals surface area contributed by atoms with Gasteiger partial charge in [-0.3, -0.25) is 4.79 Å². The average Bonchev–Trinajstić information content (AvgIpc) is 2.45. The first kappa shape index (κ1) is 22.7. The molecule has 0 unspecified atom stereocenters. The van der Waals surface area contributed by atoms with Crippen molar-refractivity contribution in [3.05, 3.63) is 0 Å². The number of nitrogens with zero attached hydrogens (tertiary/aromatic N) is 1. The van der Waals surface area contributed by atoms with Gasteiger partial charge in [-0.25, -0.2) is 9.59 Å². The molecule has 118 valence electrons. The quantitative estimate of drug-likeness (QED) is 0.390. The first-order valence-electron chi connectivity index (χ1n) is 7.29. The van der Waals surface area contributed by atoms with Crippen molar-refractivity contribution in [3.8, 4) is 0 Å². The van der Waals surface area contributed by atoms with E-state index in [-0.39, 0.29) is 48.8 Å². The predicted molar refractivity (Wildman–Crippen MR) is 80.1 cm³/mol. The summed E-state index contributed by atoms with van der Waals surface area (Å²) in [6.45, 7) is 5.30. The monoisotopic (exact) mass is 311 g/mol. The van der Waals surface area contributed by atoms with Gasteiger partial charge in [0.05, 0.1) is 0 Å². The molecule has 0 aliphatic carbocycles. The molecule has 0 aromatic carbocycles. The van der Waals surface area contributed by atoms with Gasteiger partial charge in [0.15, 0.2) is 0 Å². The van der Waals surface area contributed by atoms with Gasteiger partial charge in [-0.2, -0.15) is 0 Å². The third kappa shape index (κ3) is 11.7. The third-order valence-corrected chi connectivity index (χ3v) is 2.64. The van der Waals surface area contributed by atoms with E-state index in [2.05, 4.69) is 6.92 Å². The van der Waals surface area contributed by atoms with Crippen molar-refractivity contribution < 1.29 is 24.1 Å². The zero-order valence-electron chi connectivity index (χ0n) is 12.6. The Morgan fingerprint density at radius 1 is 0.810 bits per heavy atom. The molecule has 21 heavy (non-hydrogen) atoms. The number of hydrogen-bond acceptors (Lipinski definition) is 5. The Morgan fingerprint density at radius 3 is 1.71 bits per heavy atom. The van der Waals surface area contributed by atoms with Crippen LogP contribution in [0.4, 0.5) is 0 Å². The fourth-order valence-electron chi connectivity index (χ4n) is 1.41. The Labute approximate surface area is 148 Å². The van der Waals surface area contributed by atoms with Crippen LogP contribution >= 0.6 is 0 Å². The van der Waals surface area contributed by atoms with Crippen LogP contribution in [0.25, 0.3) is 0 Å². The number of unbranched alkanes of at least 4 members (excludes halogenated alkanes) is 4. The summed E-state index contributed by atoms with van der Waals surface area (Å²) < 4.78 is 0. The Bertz CT molecular complexity index is 304. The van der Waals surface area contributed by atoms with E-state index in [1.165, 1.54) is 0 Å². The first-order valence-corrected chi connectivity index (χ1v) is 7.29. The van der Waals surface area contributed by atoms with Crippen LogP contribution in [0.3, 0.4) is 0 Å². The molecular formula is C14H26NNaO5. The van der Waals surface area contributed by atoms with Crippen LogP contribution in [-0.4, -0.2) is 52.6 Å². The normalized spacial score (nSPS) is 9.48. The van der Waals surface area contributed by atoms with E-state index in [0.717, 1.165) is 25.7 Å². The van der Waals surface area contributed by atoms with E-state index in [1.807, 2.05) is 0 Å². The topological polar surface area (TPSA) is 72.9 Å². The summed E-state index contributed by atoms with van der Waals surface area (Å²) in [7, 11) is 0. The van der Waals surface area contributed by atoms with E-state index < -0.39 is 17.8 Å². The first-order chi connectivity index (χ1) is 9.54. The summed E-state index contributed by atoms with van der Waals surface area (Å²) >= 11 is 0. The number of carbonyl (C=O) groups is 3. The summed E-state index contributed by atoms with van der Waals surface area (Å²) in [5.74, 6) is -1.74. The Kier molecular flexibility index (Phi) is 15.5. The van der Waals surface area contributed by atoms with Crippen molar-refractivity contribution in [2.75, 3.05) is 0 Å². The Balaban J connectivity index is 0. The molecule has 0 aliphatic heterocycles. The van der Waals surface area contributed by atoms with E-state index >= 15 is 0 Å². The molecule has 0 aliphatic rings. The van der Waals surface area contributed by atoms with Crippen molar-refractivity contribution in [1.29, 1.82) is 0 Å². The third-order valence-electron chi connectivity index (χ3n) is 2.64. The summed E-state index contributed by atoms with van der Waals surface area (Å²) in [6.07, 6.45) is 5.33.